The van der Waals surface area contributed by atoms with Crippen LogP contribution in [0.25, 0.3) is 0 Å². The van der Waals surface area contributed by atoms with Crippen molar-refractivity contribution in [3.63, 3.8) is 0 Å². The Morgan fingerprint density at radius 3 is 2.36 bits per heavy atom. The van der Waals surface area contributed by atoms with E-state index in [9.17, 15) is 4.79 Å². The van der Waals surface area contributed by atoms with E-state index in [2.05, 4.69) is 38.2 Å². The lowest BCUT2D eigenvalue weighted by atomic mass is 9.94. The van der Waals surface area contributed by atoms with Crippen molar-refractivity contribution < 1.29 is 4.79 Å². The van der Waals surface area contributed by atoms with Crippen molar-refractivity contribution in [2.24, 2.45) is 0 Å². The van der Waals surface area contributed by atoms with Crippen LogP contribution in [-0.4, -0.2) is 17.2 Å². The number of carbonyl (C=O) groups is 1. The summed E-state index contributed by atoms with van der Waals surface area (Å²) in [5.74, 6) is 0.954. The number of hydrogen-bond donors (Lipinski definition) is 1. The Morgan fingerprint density at radius 1 is 1.05 bits per heavy atom. The van der Waals surface area contributed by atoms with Crippen molar-refractivity contribution in [2.45, 2.75) is 37.6 Å². The minimum Gasteiger partial charge on any atom is -0.347 e. The van der Waals surface area contributed by atoms with Gasteiger partial charge >= 0.3 is 0 Å². The Kier molecular flexibility index (Phi) is 5.67. The van der Waals surface area contributed by atoms with E-state index in [0.29, 0.717) is 0 Å². The predicted octanol–water partition coefficient (Wildman–Crippen LogP) is 4.55. The first-order valence-corrected chi connectivity index (χ1v) is 8.58. The molecule has 0 bridgehead atoms. The van der Waals surface area contributed by atoms with Crippen LogP contribution in [-0.2, 0) is 6.42 Å². The van der Waals surface area contributed by atoms with Gasteiger partial charge < -0.3 is 5.32 Å². The fraction of sp³-hybridized carbons (Fsp3) is 0.316. The molecule has 2 aromatic rings. The summed E-state index contributed by atoms with van der Waals surface area (Å²) in [5, 5.41) is 3.17. The van der Waals surface area contributed by atoms with Crippen LogP contribution >= 0.6 is 11.8 Å². The van der Waals surface area contributed by atoms with E-state index in [-0.39, 0.29) is 11.4 Å². The number of hydrogen-bond acceptors (Lipinski definition) is 2. The third-order valence-electron chi connectivity index (χ3n) is 3.37. The molecule has 0 aliphatic rings. The highest BCUT2D eigenvalue weighted by molar-refractivity contribution is 7.99. The summed E-state index contributed by atoms with van der Waals surface area (Å²) in [6, 6.07) is 18.0. The van der Waals surface area contributed by atoms with Gasteiger partial charge in [-0.3, -0.25) is 4.79 Å². The quantitative estimate of drug-likeness (QED) is 0.793. The van der Waals surface area contributed by atoms with E-state index < -0.39 is 0 Å². The zero-order chi connectivity index (χ0) is 16.0. The molecule has 0 aliphatic heterocycles. The Morgan fingerprint density at radius 2 is 1.68 bits per heavy atom. The average molecular weight is 313 g/mol. The van der Waals surface area contributed by atoms with Gasteiger partial charge in [0.1, 0.15) is 0 Å². The summed E-state index contributed by atoms with van der Waals surface area (Å²) in [4.78, 5) is 13.7. The largest absolute Gasteiger partial charge is 0.347 e. The fourth-order valence-electron chi connectivity index (χ4n) is 2.46. The van der Waals surface area contributed by atoms with Gasteiger partial charge in [-0.2, -0.15) is 0 Å². The molecule has 0 spiro atoms. The van der Waals surface area contributed by atoms with Crippen LogP contribution in [0.15, 0.2) is 59.5 Å². The molecule has 116 valence electrons. The minimum absolute atomic E-state index is 0.00233. The van der Waals surface area contributed by atoms with Crippen molar-refractivity contribution in [1.29, 1.82) is 0 Å². The first-order chi connectivity index (χ1) is 10.5. The van der Waals surface area contributed by atoms with Crippen molar-refractivity contribution in [3.8, 4) is 0 Å². The monoisotopic (exact) mass is 313 g/mol. The van der Waals surface area contributed by atoms with Gasteiger partial charge in [-0.05, 0) is 43.7 Å². The highest BCUT2D eigenvalue weighted by atomic mass is 32.2. The second-order valence-electron chi connectivity index (χ2n) is 5.93. The standard InChI is InChI=1S/C19H23NOS/c1-4-22-17-13-9-8-12-16(17)18(21)20-19(2,3)14-15-10-6-5-7-11-15/h5-13H,4,14H2,1-3H3,(H,20,21). The Balaban J connectivity index is 2.10. The van der Waals surface area contributed by atoms with E-state index >= 15 is 0 Å². The summed E-state index contributed by atoms with van der Waals surface area (Å²) >= 11 is 1.70. The maximum atomic E-state index is 12.6. The summed E-state index contributed by atoms with van der Waals surface area (Å²) < 4.78 is 0. The molecule has 22 heavy (non-hydrogen) atoms. The molecule has 3 heteroatoms. The zero-order valence-electron chi connectivity index (χ0n) is 13.4. The van der Waals surface area contributed by atoms with Crippen LogP contribution in [0, 0.1) is 0 Å². The third kappa shape index (κ3) is 4.63. The van der Waals surface area contributed by atoms with Gasteiger partial charge in [-0.25, -0.2) is 0 Å². The van der Waals surface area contributed by atoms with E-state index in [1.807, 2.05) is 42.5 Å². The van der Waals surface area contributed by atoms with Gasteiger partial charge in [0, 0.05) is 10.4 Å². The summed E-state index contributed by atoms with van der Waals surface area (Å²) in [6.45, 7) is 6.22. The molecular weight excluding hydrogens is 290 g/mol. The molecule has 0 heterocycles. The smallest absolute Gasteiger partial charge is 0.252 e. The molecule has 2 nitrogen and oxygen atoms in total. The maximum Gasteiger partial charge on any atom is 0.252 e. The predicted molar refractivity (Wildman–Crippen MR) is 94.5 cm³/mol. The zero-order valence-corrected chi connectivity index (χ0v) is 14.2. The topological polar surface area (TPSA) is 29.1 Å². The van der Waals surface area contributed by atoms with Crippen molar-refractivity contribution in [1.82, 2.24) is 5.32 Å². The van der Waals surface area contributed by atoms with Gasteiger partial charge in [0.05, 0.1) is 5.56 Å². The van der Waals surface area contributed by atoms with Gasteiger partial charge in [0.25, 0.3) is 5.91 Å². The molecule has 0 unspecified atom stereocenters. The lowest BCUT2D eigenvalue weighted by Crippen LogP contribution is -2.45. The number of amides is 1. The fourth-order valence-corrected chi connectivity index (χ4v) is 3.26. The summed E-state index contributed by atoms with van der Waals surface area (Å²) in [5.41, 5.74) is 1.70. The van der Waals surface area contributed by atoms with Gasteiger partial charge in [0.2, 0.25) is 0 Å². The normalized spacial score (nSPS) is 11.2. The molecule has 0 saturated carbocycles. The first kappa shape index (κ1) is 16.6. The van der Waals surface area contributed by atoms with Crippen molar-refractivity contribution in [2.75, 3.05) is 5.75 Å². The minimum atomic E-state index is -0.289. The SMILES string of the molecule is CCSc1ccccc1C(=O)NC(C)(C)Cc1ccccc1. The number of rotatable bonds is 6. The molecule has 2 aromatic carbocycles. The molecule has 0 aromatic heterocycles. The van der Waals surface area contributed by atoms with E-state index in [1.165, 1.54) is 5.56 Å². The second kappa shape index (κ2) is 7.50. The van der Waals surface area contributed by atoms with Crippen LogP contribution in [0.2, 0.25) is 0 Å². The molecule has 0 fully saturated rings. The number of thioether (sulfide) groups is 1. The molecule has 0 radical (unpaired) electrons. The first-order valence-electron chi connectivity index (χ1n) is 7.60. The summed E-state index contributed by atoms with van der Waals surface area (Å²) in [7, 11) is 0. The number of benzene rings is 2. The van der Waals surface area contributed by atoms with Crippen LogP contribution in [0.3, 0.4) is 0 Å². The molecule has 2 rings (SSSR count). The van der Waals surface area contributed by atoms with Crippen molar-refractivity contribution >= 4 is 17.7 Å². The third-order valence-corrected chi connectivity index (χ3v) is 4.33. The van der Waals surface area contributed by atoms with Gasteiger partial charge in [0.15, 0.2) is 0 Å². The Labute approximate surface area is 137 Å². The summed E-state index contributed by atoms with van der Waals surface area (Å²) in [6.07, 6.45) is 0.808. The number of carbonyl (C=O) groups excluding carboxylic acids is 1. The molecule has 0 atom stereocenters. The molecular formula is C19H23NOS. The van der Waals surface area contributed by atoms with Crippen LogP contribution in [0.4, 0.5) is 0 Å². The molecule has 1 amide bonds. The van der Waals surface area contributed by atoms with Gasteiger partial charge in [-0.1, -0.05) is 49.4 Å². The van der Waals surface area contributed by atoms with Crippen LogP contribution < -0.4 is 5.32 Å². The van der Waals surface area contributed by atoms with Crippen molar-refractivity contribution in [3.05, 3.63) is 65.7 Å². The molecule has 0 saturated heterocycles. The van der Waals surface area contributed by atoms with Crippen LogP contribution in [0.1, 0.15) is 36.7 Å². The van der Waals surface area contributed by atoms with E-state index in [4.69, 9.17) is 0 Å². The lowest BCUT2D eigenvalue weighted by Gasteiger charge is -2.27. The Hall–Kier alpha value is -1.74. The van der Waals surface area contributed by atoms with E-state index in [1.54, 1.807) is 11.8 Å². The highest BCUT2D eigenvalue weighted by Gasteiger charge is 2.22. The Bertz CT molecular complexity index is 622. The lowest BCUT2D eigenvalue weighted by molar-refractivity contribution is 0.0910. The maximum absolute atomic E-state index is 12.6. The number of nitrogens with one attached hydrogen (secondary N) is 1. The highest BCUT2D eigenvalue weighted by Crippen LogP contribution is 2.23. The second-order valence-corrected chi connectivity index (χ2v) is 7.24. The average Bonchev–Trinajstić information content (AvgIpc) is 2.48. The van der Waals surface area contributed by atoms with E-state index in [0.717, 1.165) is 22.6 Å². The van der Waals surface area contributed by atoms with Crippen LogP contribution in [0.5, 0.6) is 0 Å². The molecule has 1 N–H and O–H groups in total. The molecule has 0 aliphatic carbocycles. The van der Waals surface area contributed by atoms with Gasteiger partial charge in [-0.15, -0.1) is 11.8 Å².